The first-order valence-corrected chi connectivity index (χ1v) is 13.0. The Kier molecular flexibility index (Phi) is 8.00. The minimum atomic E-state index is -5.00. The number of carbonyl (C=O) groups is 1. The van der Waals surface area contributed by atoms with Crippen LogP contribution in [0.4, 0.5) is 17.6 Å². The Morgan fingerprint density at radius 1 is 1.14 bits per heavy atom. The predicted molar refractivity (Wildman–Crippen MR) is 141 cm³/mol. The predicted octanol–water partition coefficient (Wildman–Crippen LogP) is 5.53. The summed E-state index contributed by atoms with van der Waals surface area (Å²) >= 11 is 0. The van der Waals surface area contributed by atoms with Gasteiger partial charge in [0, 0.05) is 30.3 Å². The van der Waals surface area contributed by atoms with Gasteiger partial charge in [0.15, 0.2) is 5.75 Å². The number of aromatic nitrogens is 3. The maximum atomic E-state index is 14.2. The molecular formula is C29H25F4N5O4. The molecule has 0 spiro atoms. The molecule has 1 aliphatic rings. The van der Waals surface area contributed by atoms with Gasteiger partial charge in [-0.3, -0.25) is 4.90 Å². The molecule has 3 heterocycles. The quantitative estimate of drug-likeness (QED) is 0.269. The lowest BCUT2D eigenvalue weighted by atomic mass is 9.93. The first kappa shape index (κ1) is 28.8. The van der Waals surface area contributed by atoms with E-state index in [9.17, 15) is 27.5 Å². The molecule has 1 saturated heterocycles. The van der Waals surface area contributed by atoms with Crippen molar-refractivity contribution < 1.29 is 36.9 Å². The number of imidazole rings is 1. The van der Waals surface area contributed by atoms with Crippen LogP contribution >= 0.6 is 0 Å². The number of aryl methyl sites for hydroxylation is 1. The minimum absolute atomic E-state index is 0.0336. The minimum Gasteiger partial charge on any atom is -0.478 e. The van der Waals surface area contributed by atoms with Crippen LogP contribution < -0.4 is 9.47 Å². The van der Waals surface area contributed by atoms with Crippen molar-refractivity contribution in [3.8, 4) is 17.7 Å². The Morgan fingerprint density at radius 2 is 1.90 bits per heavy atom. The summed E-state index contributed by atoms with van der Waals surface area (Å²) in [4.78, 5) is 22.6. The van der Waals surface area contributed by atoms with E-state index in [1.165, 1.54) is 18.2 Å². The number of likely N-dealkylation sites (tertiary alicyclic amines) is 1. The molecule has 218 valence electrons. The molecular weight excluding hydrogens is 558 g/mol. The number of alkyl halides is 3. The third-order valence-corrected chi connectivity index (χ3v) is 7.19. The Labute approximate surface area is 237 Å². The average molecular weight is 584 g/mol. The number of nitriles is 1. The van der Waals surface area contributed by atoms with Gasteiger partial charge in [-0.2, -0.15) is 5.26 Å². The van der Waals surface area contributed by atoms with Gasteiger partial charge in [-0.15, -0.1) is 13.2 Å². The van der Waals surface area contributed by atoms with Gasteiger partial charge >= 0.3 is 12.3 Å². The Morgan fingerprint density at radius 3 is 2.57 bits per heavy atom. The van der Waals surface area contributed by atoms with Crippen molar-refractivity contribution in [2.75, 3.05) is 13.1 Å². The second kappa shape index (κ2) is 11.7. The first-order valence-electron chi connectivity index (χ1n) is 13.0. The molecule has 0 saturated carbocycles. The van der Waals surface area contributed by atoms with E-state index in [1.807, 2.05) is 18.2 Å². The normalized spacial score (nSPS) is 14.6. The van der Waals surface area contributed by atoms with Crippen LogP contribution in [0.15, 0.2) is 48.5 Å². The van der Waals surface area contributed by atoms with E-state index in [2.05, 4.69) is 19.6 Å². The number of pyridine rings is 1. The lowest BCUT2D eigenvalue weighted by molar-refractivity contribution is -0.274. The summed E-state index contributed by atoms with van der Waals surface area (Å²) in [6.45, 7) is 1.65. The number of hydrogen-bond donors (Lipinski definition) is 1. The van der Waals surface area contributed by atoms with Crippen molar-refractivity contribution in [3.63, 3.8) is 0 Å². The van der Waals surface area contributed by atoms with Crippen molar-refractivity contribution in [3.05, 3.63) is 82.6 Å². The Hall–Kier alpha value is -4.70. The lowest BCUT2D eigenvalue weighted by Gasteiger charge is -2.31. The number of aromatic carboxylic acids is 1. The van der Waals surface area contributed by atoms with Gasteiger partial charge in [0.1, 0.15) is 23.8 Å². The molecule has 0 atom stereocenters. The summed E-state index contributed by atoms with van der Waals surface area (Å²) in [6.07, 6.45) is -3.48. The van der Waals surface area contributed by atoms with Crippen LogP contribution in [0.1, 0.15) is 51.8 Å². The standard InChI is InChI=1S/C29H25F4N5O4/c1-37-23-12-20(28(39)40)13-24(42-29(31,32)33)27(23)36-25(37)15-38-9-7-18(8-10-38)22-3-2-4-26(35-22)41-16-19-6-5-17(14-34)11-21(19)30/h2-6,11-13,18H,7-10,15-16H2,1H3,(H,39,40). The number of ether oxygens (including phenoxy) is 2. The molecule has 13 heteroatoms. The summed E-state index contributed by atoms with van der Waals surface area (Å²) in [7, 11) is 1.62. The highest BCUT2D eigenvalue weighted by Gasteiger charge is 2.33. The maximum absolute atomic E-state index is 14.2. The summed E-state index contributed by atoms with van der Waals surface area (Å²) in [6, 6.07) is 13.6. The largest absolute Gasteiger partial charge is 0.573 e. The number of carboxylic acid groups (broad SMARTS) is 1. The molecule has 2 aromatic heterocycles. The van der Waals surface area contributed by atoms with Crippen LogP contribution in [0.2, 0.25) is 0 Å². The molecule has 42 heavy (non-hydrogen) atoms. The summed E-state index contributed by atoms with van der Waals surface area (Å²) < 4.78 is 64.6. The van der Waals surface area contributed by atoms with Crippen molar-refractivity contribution >= 4 is 17.0 Å². The fourth-order valence-electron chi connectivity index (χ4n) is 4.98. The molecule has 9 nitrogen and oxygen atoms in total. The average Bonchev–Trinajstić information content (AvgIpc) is 3.27. The molecule has 0 bridgehead atoms. The smallest absolute Gasteiger partial charge is 0.478 e. The topological polar surface area (TPSA) is 114 Å². The summed E-state index contributed by atoms with van der Waals surface area (Å²) in [5, 5.41) is 18.3. The Bertz CT molecular complexity index is 1670. The molecule has 0 radical (unpaired) electrons. The second-order valence-corrected chi connectivity index (χ2v) is 9.94. The van der Waals surface area contributed by atoms with Gasteiger partial charge in [0.2, 0.25) is 5.88 Å². The first-order chi connectivity index (χ1) is 20.0. The van der Waals surface area contributed by atoms with Crippen molar-refractivity contribution in [1.29, 1.82) is 5.26 Å². The maximum Gasteiger partial charge on any atom is 0.573 e. The van der Waals surface area contributed by atoms with Gasteiger partial charge in [0.25, 0.3) is 0 Å². The van der Waals surface area contributed by atoms with Crippen LogP contribution in [0.5, 0.6) is 11.6 Å². The van der Waals surface area contributed by atoms with E-state index in [0.717, 1.165) is 30.7 Å². The number of rotatable bonds is 8. The zero-order valence-corrected chi connectivity index (χ0v) is 22.4. The number of nitrogens with zero attached hydrogens (tertiary/aromatic N) is 5. The zero-order chi connectivity index (χ0) is 30.0. The molecule has 0 unspecified atom stereocenters. The number of halogens is 4. The van der Waals surface area contributed by atoms with Crippen molar-refractivity contribution in [1.82, 2.24) is 19.4 Å². The monoisotopic (exact) mass is 583 g/mol. The highest BCUT2D eigenvalue weighted by molar-refractivity contribution is 5.95. The van der Waals surface area contributed by atoms with Gasteiger partial charge < -0.3 is 19.1 Å². The highest BCUT2D eigenvalue weighted by Crippen LogP contribution is 2.33. The number of fused-ring (bicyclic) bond motifs is 1. The van der Waals surface area contributed by atoms with Gasteiger partial charge in [0.05, 0.1) is 29.3 Å². The van der Waals surface area contributed by atoms with Crippen LogP contribution in [0, 0.1) is 17.1 Å². The fraction of sp³-hybridized carbons (Fsp3) is 0.310. The van der Waals surface area contributed by atoms with Gasteiger partial charge in [-0.1, -0.05) is 12.1 Å². The molecule has 0 amide bonds. The van der Waals surface area contributed by atoms with Gasteiger partial charge in [-0.25, -0.2) is 19.2 Å². The van der Waals surface area contributed by atoms with Crippen molar-refractivity contribution in [2.24, 2.45) is 7.05 Å². The van der Waals surface area contributed by atoms with E-state index in [1.54, 1.807) is 17.7 Å². The van der Waals surface area contributed by atoms with E-state index in [-0.39, 0.29) is 34.7 Å². The van der Waals surface area contributed by atoms with Crippen LogP contribution in [-0.4, -0.2) is 50.0 Å². The molecule has 1 aliphatic heterocycles. The fourth-order valence-corrected chi connectivity index (χ4v) is 4.98. The molecule has 4 aromatic rings. The number of benzene rings is 2. The van der Waals surface area contributed by atoms with E-state index >= 15 is 0 Å². The Balaban J connectivity index is 1.24. The number of piperidine rings is 1. The highest BCUT2D eigenvalue weighted by atomic mass is 19.4. The van der Waals surface area contributed by atoms with Crippen LogP contribution in [-0.2, 0) is 20.2 Å². The van der Waals surface area contributed by atoms with Crippen LogP contribution in [0.3, 0.4) is 0 Å². The summed E-state index contributed by atoms with van der Waals surface area (Å²) in [5.74, 6) is -1.59. The molecule has 0 aliphatic carbocycles. The third kappa shape index (κ3) is 6.44. The molecule has 5 rings (SSSR count). The number of carboxylic acids is 1. The zero-order valence-electron chi connectivity index (χ0n) is 22.4. The molecule has 1 fully saturated rings. The number of hydrogen-bond acceptors (Lipinski definition) is 7. The second-order valence-electron chi connectivity index (χ2n) is 9.94. The van der Waals surface area contributed by atoms with Gasteiger partial charge in [-0.05, 0) is 56.3 Å². The molecule has 1 N–H and O–H groups in total. The SMILES string of the molecule is Cn1c(CN2CCC(c3cccc(OCc4ccc(C#N)cc4F)n3)CC2)nc2c(OC(F)(F)F)cc(C(=O)O)cc21. The molecule has 2 aromatic carbocycles. The lowest BCUT2D eigenvalue weighted by Crippen LogP contribution is -2.33. The van der Waals surface area contributed by atoms with E-state index in [4.69, 9.17) is 10.00 Å². The van der Waals surface area contributed by atoms with Crippen LogP contribution in [0.25, 0.3) is 11.0 Å². The van der Waals surface area contributed by atoms with E-state index < -0.39 is 23.9 Å². The third-order valence-electron chi connectivity index (χ3n) is 7.19. The van der Waals surface area contributed by atoms with E-state index in [0.29, 0.717) is 36.9 Å². The summed E-state index contributed by atoms with van der Waals surface area (Å²) in [5.41, 5.74) is 1.20. The van der Waals surface area contributed by atoms with Crippen molar-refractivity contribution in [2.45, 2.75) is 38.3 Å².